The van der Waals surface area contributed by atoms with E-state index in [-0.39, 0.29) is 6.61 Å². The minimum atomic E-state index is -4.25. The van der Waals surface area contributed by atoms with E-state index in [0.717, 1.165) is 16.4 Å². The zero-order valence-corrected chi connectivity index (χ0v) is 9.62. The Bertz CT molecular complexity index is 314. The van der Waals surface area contributed by atoms with Crippen molar-refractivity contribution in [3.8, 4) is 0 Å². The number of rotatable bonds is 6. The average Bonchev–Trinajstić information content (AvgIpc) is 2.60. The molecule has 0 unspecified atom stereocenters. The van der Waals surface area contributed by atoms with Gasteiger partial charge in [0.25, 0.3) is 0 Å². The molecule has 1 aromatic heterocycles. The molecule has 1 aromatic rings. The van der Waals surface area contributed by atoms with Crippen LogP contribution in [0.5, 0.6) is 0 Å². The molecule has 0 atom stereocenters. The Balaban J connectivity index is 2.21. The van der Waals surface area contributed by atoms with Crippen molar-refractivity contribution < 1.29 is 17.9 Å². The van der Waals surface area contributed by atoms with Gasteiger partial charge in [0.05, 0.1) is 11.6 Å². The van der Waals surface area contributed by atoms with Crippen LogP contribution in [0.2, 0.25) is 0 Å². The van der Waals surface area contributed by atoms with Crippen LogP contribution in [0.4, 0.5) is 13.2 Å². The number of hydrogen-bond donors (Lipinski definition) is 1. The molecule has 3 nitrogen and oxygen atoms in total. The molecule has 7 heteroatoms. The van der Waals surface area contributed by atoms with E-state index >= 15 is 0 Å². The molecule has 0 aliphatic carbocycles. The van der Waals surface area contributed by atoms with E-state index in [1.54, 1.807) is 6.20 Å². The van der Waals surface area contributed by atoms with Crippen LogP contribution in [0.15, 0.2) is 6.20 Å². The van der Waals surface area contributed by atoms with E-state index in [0.29, 0.717) is 6.42 Å². The van der Waals surface area contributed by atoms with Gasteiger partial charge in [0.2, 0.25) is 0 Å². The van der Waals surface area contributed by atoms with Crippen LogP contribution in [-0.2, 0) is 17.7 Å². The maximum absolute atomic E-state index is 11.7. The molecular weight excluding hydrogens is 241 g/mol. The van der Waals surface area contributed by atoms with Gasteiger partial charge in [-0.15, -0.1) is 11.3 Å². The number of aromatic nitrogens is 1. The van der Waals surface area contributed by atoms with E-state index in [4.69, 9.17) is 0 Å². The zero-order valence-electron chi connectivity index (χ0n) is 8.80. The molecule has 0 aromatic carbocycles. The van der Waals surface area contributed by atoms with E-state index < -0.39 is 12.8 Å². The smallest absolute Gasteiger partial charge is 0.372 e. The first-order chi connectivity index (χ1) is 7.51. The van der Waals surface area contributed by atoms with Gasteiger partial charge in [-0.1, -0.05) is 0 Å². The fourth-order valence-electron chi connectivity index (χ4n) is 1.07. The molecule has 1 heterocycles. The minimum Gasteiger partial charge on any atom is -0.372 e. The molecule has 0 saturated carbocycles. The molecule has 16 heavy (non-hydrogen) atoms. The Morgan fingerprint density at radius 2 is 2.25 bits per heavy atom. The second-order valence-corrected chi connectivity index (χ2v) is 4.37. The van der Waals surface area contributed by atoms with Crippen molar-refractivity contribution in [1.29, 1.82) is 0 Å². The van der Waals surface area contributed by atoms with Gasteiger partial charge in [-0.25, -0.2) is 4.98 Å². The van der Waals surface area contributed by atoms with E-state index in [2.05, 4.69) is 15.0 Å². The van der Waals surface area contributed by atoms with Gasteiger partial charge in [-0.3, -0.25) is 0 Å². The summed E-state index contributed by atoms with van der Waals surface area (Å²) in [6.07, 6.45) is -2.11. The zero-order chi connectivity index (χ0) is 12.0. The lowest BCUT2D eigenvalue weighted by molar-refractivity contribution is -0.173. The van der Waals surface area contributed by atoms with Gasteiger partial charge < -0.3 is 10.1 Å². The third kappa shape index (κ3) is 5.43. The summed E-state index contributed by atoms with van der Waals surface area (Å²) >= 11 is 1.48. The summed E-state index contributed by atoms with van der Waals surface area (Å²) < 4.78 is 39.7. The molecule has 0 radical (unpaired) electrons. The standard InChI is InChI=1S/C9H13F3N2OS/c1-13-4-7-5-14-8(16-7)2-3-15-6-9(10,11)12/h5,13H,2-4,6H2,1H3. The highest BCUT2D eigenvalue weighted by atomic mass is 32.1. The first-order valence-electron chi connectivity index (χ1n) is 4.74. The molecule has 1 rings (SSSR count). The van der Waals surface area contributed by atoms with Crippen molar-refractivity contribution in [2.75, 3.05) is 20.3 Å². The summed E-state index contributed by atoms with van der Waals surface area (Å²) in [5, 5.41) is 3.77. The minimum absolute atomic E-state index is 0.0476. The van der Waals surface area contributed by atoms with Gasteiger partial charge in [0.15, 0.2) is 0 Å². The van der Waals surface area contributed by atoms with E-state index in [9.17, 15) is 13.2 Å². The predicted octanol–water partition coefficient (Wildman–Crippen LogP) is 1.98. The summed E-state index contributed by atoms with van der Waals surface area (Å²) in [6.45, 7) is -0.422. The van der Waals surface area contributed by atoms with Gasteiger partial charge in [0.1, 0.15) is 6.61 Å². The largest absolute Gasteiger partial charge is 0.411 e. The summed E-state index contributed by atoms with van der Waals surface area (Å²) in [7, 11) is 1.83. The number of halogens is 3. The monoisotopic (exact) mass is 254 g/mol. The Hall–Kier alpha value is -0.660. The van der Waals surface area contributed by atoms with Crippen molar-refractivity contribution in [2.24, 2.45) is 0 Å². The molecule has 0 aliphatic rings. The molecule has 1 N–H and O–H groups in total. The highest BCUT2D eigenvalue weighted by Gasteiger charge is 2.27. The van der Waals surface area contributed by atoms with Crippen LogP contribution in [0, 0.1) is 0 Å². The Labute approximate surface area is 95.6 Å². The lowest BCUT2D eigenvalue weighted by atomic mass is 10.5. The SMILES string of the molecule is CNCc1cnc(CCOCC(F)(F)F)s1. The highest BCUT2D eigenvalue weighted by Crippen LogP contribution is 2.16. The third-order valence-corrected chi connectivity index (χ3v) is 2.74. The molecule has 0 saturated heterocycles. The molecule has 0 aliphatic heterocycles. The fourth-order valence-corrected chi connectivity index (χ4v) is 1.98. The van der Waals surface area contributed by atoms with Crippen LogP contribution in [0.3, 0.4) is 0 Å². The van der Waals surface area contributed by atoms with Crippen LogP contribution < -0.4 is 5.32 Å². The van der Waals surface area contributed by atoms with E-state index in [1.165, 1.54) is 11.3 Å². The predicted molar refractivity (Wildman–Crippen MR) is 55.5 cm³/mol. The summed E-state index contributed by atoms with van der Waals surface area (Å²) in [5.74, 6) is 0. The molecular formula is C9H13F3N2OS. The average molecular weight is 254 g/mol. The Morgan fingerprint density at radius 1 is 1.50 bits per heavy atom. The van der Waals surface area contributed by atoms with Crippen molar-refractivity contribution >= 4 is 11.3 Å². The number of nitrogens with zero attached hydrogens (tertiary/aromatic N) is 1. The van der Waals surface area contributed by atoms with Crippen LogP contribution in [0.25, 0.3) is 0 Å². The first kappa shape index (κ1) is 13.4. The Morgan fingerprint density at radius 3 is 2.88 bits per heavy atom. The van der Waals surface area contributed by atoms with Crippen LogP contribution in [-0.4, -0.2) is 31.4 Å². The number of alkyl halides is 3. The maximum Gasteiger partial charge on any atom is 0.411 e. The van der Waals surface area contributed by atoms with Gasteiger partial charge in [0, 0.05) is 24.0 Å². The topological polar surface area (TPSA) is 34.2 Å². The lowest BCUT2D eigenvalue weighted by Crippen LogP contribution is -2.17. The van der Waals surface area contributed by atoms with Gasteiger partial charge in [-0.2, -0.15) is 13.2 Å². The van der Waals surface area contributed by atoms with Crippen molar-refractivity contribution in [1.82, 2.24) is 10.3 Å². The lowest BCUT2D eigenvalue weighted by Gasteiger charge is -2.05. The summed E-state index contributed by atoms with van der Waals surface area (Å²) in [6, 6.07) is 0. The van der Waals surface area contributed by atoms with Crippen LogP contribution in [0.1, 0.15) is 9.88 Å². The number of ether oxygens (including phenoxy) is 1. The number of thiazole rings is 1. The normalized spacial score (nSPS) is 12.0. The second kappa shape index (κ2) is 6.17. The molecule has 0 bridgehead atoms. The maximum atomic E-state index is 11.7. The molecule has 0 fully saturated rings. The highest BCUT2D eigenvalue weighted by molar-refractivity contribution is 7.11. The van der Waals surface area contributed by atoms with Gasteiger partial charge >= 0.3 is 6.18 Å². The first-order valence-corrected chi connectivity index (χ1v) is 5.55. The summed E-state index contributed by atoms with van der Waals surface area (Å²) in [5.41, 5.74) is 0. The molecule has 92 valence electrons. The van der Waals surface area contributed by atoms with E-state index in [1.807, 2.05) is 7.05 Å². The Kier molecular flexibility index (Phi) is 5.17. The molecule has 0 spiro atoms. The summed E-state index contributed by atoms with van der Waals surface area (Å²) in [4.78, 5) is 5.15. The molecule has 0 amide bonds. The fraction of sp³-hybridized carbons (Fsp3) is 0.667. The number of nitrogens with one attached hydrogen (secondary N) is 1. The van der Waals surface area contributed by atoms with Crippen molar-refractivity contribution in [3.63, 3.8) is 0 Å². The van der Waals surface area contributed by atoms with Gasteiger partial charge in [-0.05, 0) is 7.05 Å². The van der Waals surface area contributed by atoms with Crippen molar-refractivity contribution in [2.45, 2.75) is 19.1 Å². The third-order valence-electron chi connectivity index (χ3n) is 1.68. The van der Waals surface area contributed by atoms with Crippen LogP contribution >= 0.6 is 11.3 Å². The number of hydrogen-bond acceptors (Lipinski definition) is 4. The second-order valence-electron chi connectivity index (χ2n) is 3.17. The quantitative estimate of drug-likeness (QED) is 0.788. The van der Waals surface area contributed by atoms with Crippen molar-refractivity contribution in [3.05, 3.63) is 16.1 Å².